The maximum atomic E-state index is 6.68. The Bertz CT molecular complexity index is 1380. The van der Waals surface area contributed by atoms with Gasteiger partial charge in [0.05, 0.1) is 17.1 Å². The predicted octanol–water partition coefficient (Wildman–Crippen LogP) is 5.76. The van der Waals surface area contributed by atoms with Gasteiger partial charge in [-0.1, -0.05) is 86.3 Å². The van der Waals surface area contributed by atoms with Gasteiger partial charge in [-0.05, 0) is 46.3 Å². The largest absolute Gasteiger partial charge is 0.551 e. The van der Waals surface area contributed by atoms with Crippen LogP contribution in [0.2, 0.25) is 0 Å². The molecule has 0 atom stereocenters. The van der Waals surface area contributed by atoms with E-state index in [1.165, 1.54) is 48.9 Å². The van der Waals surface area contributed by atoms with E-state index in [4.69, 9.17) is 4.65 Å². The van der Waals surface area contributed by atoms with Gasteiger partial charge >= 0.3 is 6.92 Å². The maximum absolute atomic E-state index is 6.68. The fraction of sp³-hybridized carbons (Fsp3) is 0.111. The summed E-state index contributed by atoms with van der Waals surface area (Å²) in [6.45, 7) is 4.57. The van der Waals surface area contributed by atoms with Crippen LogP contribution >= 0.6 is 11.8 Å². The normalized spacial score (nSPS) is 16.1. The Kier molecular flexibility index (Phi) is 3.39. The quantitative estimate of drug-likeness (QED) is 0.339. The highest BCUT2D eigenvalue weighted by Gasteiger charge is 2.48. The number of nitrogens with zero attached hydrogens (tertiary/aromatic N) is 1. The highest BCUT2D eigenvalue weighted by atomic mass is 32.2. The van der Waals surface area contributed by atoms with Gasteiger partial charge in [-0.2, -0.15) is 0 Å². The van der Waals surface area contributed by atoms with Crippen LogP contribution < -0.4 is 20.5 Å². The molecule has 0 fully saturated rings. The highest BCUT2D eigenvalue weighted by molar-refractivity contribution is 7.99. The average Bonchev–Trinajstić information content (AvgIpc) is 2.80. The van der Waals surface area contributed by atoms with E-state index < -0.39 is 0 Å². The maximum Gasteiger partial charge on any atom is 0.430 e. The van der Waals surface area contributed by atoms with Crippen LogP contribution in [0.25, 0.3) is 0 Å². The molecule has 0 bridgehead atoms. The van der Waals surface area contributed by atoms with Crippen LogP contribution in [0.3, 0.4) is 0 Å². The Hall–Kier alpha value is -3.11. The lowest BCUT2D eigenvalue weighted by Gasteiger charge is -2.49. The van der Waals surface area contributed by atoms with Gasteiger partial charge < -0.3 is 9.55 Å². The fourth-order valence-electron chi connectivity index (χ4n) is 5.47. The first-order valence-corrected chi connectivity index (χ1v) is 11.6. The van der Waals surface area contributed by atoms with Crippen molar-refractivity contribution in [2.24, 2.45) is 0 Å². The van der Waals surface area contributed by atoms with Gasteiger partial charge in [-0.25, -0.2) is 0 Å². The summed E-state index contributed by atoms with van der Waals surface area (Å²) in [5.41, 5.74) is 9.08. The minimum absolute atomic E-state index is 0.0746. The molecular weight excluding hydrogens is 397 g/mol. The number of hydrogen-bond donors (Lipinski definition) is 0. The minimum Gasteiger partial charge on any atom is -0.551 e. The van der Waals surface area contributed by atoms with E-state index in [2.05, 4.69) is 73.3 Å². The van der Waals surface area contributed by atoms with Gasteiger partial charge in [-0.3, -0.25) is 0 Å². The molecule has 4 heteroatoms. The second-order valence-electron chi connectivity index (χ2n) is 8.96. The first-order valence-electron chi connectivity index (χ1n) is 10.7. The predicted molar refractivity (Wildman–Crippen MR) is 129 cm³/mol. The molecular formula is C27H20BNOS. The molecule has 4 aromatic carbocycles. The van der Waals surface area contributed by atoms with Crippen molar-refractivity contribution in [3.63, 3.8) is 0 Å². The standard InChI is InChI=1S/C27H20BNOS/c1-27(2)18-11-6-13-20-24(18)29-25-19(27)12-7-15-22(25)31-23-16-8-14-21(26(23)29)28(20)30-17-9-4-3-5-10-17/h3-16H,1-2H3. The molecule has 0 radical (unpaired) electrons. The lowest BCUT2D eigenvalue weighted by atomic mass is 9.50. The summed E-state index contributed by atoms with van der Waals surface area (Å²) in [5.74, 6) is 0.899. The SMILES string of the molecule is CC1(C)c2cccc3c2N2c4c(cccc4B(Oc4ccccc4)c4cccc1c42)S3. The summed E-state index contributed by atoms with van der Waals surface area (Å²) >= 11 is 1.88. The molecule has 3 heterocycles. The van der Waals surface area contributed by atoms with Crippen LogP contribution in [-0.2, 0) is 5.41 Å². The van der Waals surface area contributed by atoms with E-state index in [0.29, 0.717) is 0 Å². The molecule has 4 aromatic rings. The lowest BCUT2D eigenvalue weighted by molar-refractivity contribution is 0.589. The second-order valence-corrected chi connectivity index (χ2v) is 10.0. The molecule has 0 saturated heterocycles. The van der Waals surface area contributed by atoms with Crippen LogP contribution in [-0.4, -0.2) is 6.92 Å². The van der Waals surface area contributed by atoms with E-state index in [1.807, 2.05) is 42.1 Å². The van der Waals surface area contributed by atoms with Gasteiger partial charge in [-0.15, -0.1) is 0 Å². The monoisotopic (exact) mass is 417 g/mol. The smallest absolute Gasteiger partial charge is 0.430 e. The zero-order valence-corrected chi connectivity index (χ0v) is 18.2. The Labute approximate surface area is 187 Å². The summed E-state index contributed by atoms with van der Waals surface area (Å²) in [6.07, 6.45) is 0. The van der Waals surface area contributed by atoms with Gasteiger partial charge in [0.25, 0.3) is 0 Å². The van der Waals surface area contributed by atoms with E-state index in [0.717, 1.165) is 5.75 Å². The summed E-state index contributed by atoms with van der Waals surface area (Å²) in [7, 11) is 0. The van der Waals surface area contributed by atoms with Crippen molar-refractivity contribution in [3.8, 4) is 5.75 Å². The van der Waals surface area contributed by atoms with E-state index in [1.54, 1.807) is 0 Å². The molecule has 0 unspecified atom stereocenters. The second kappa shape index (κ2) is 5.98. The first-order chi connectivity index (χ1) is 15.1. The average molecular weight is 417 g/mol. The van der Waals surface area contributed by atoms with Crippen molar-refractivity contribution in [1.82, 2.24) is 0 Å². The topological polar surface area (TPSA) is 12.5 Å². The molecule has 2 nitrogen and oxygen atoms in total. The third-order valence-corrected chi connectivity index (χ3v) is 7.99. The summed E-state index contributed by atoms with van der Waals surface area (Å²) in [6, 6.07) is 30.3. The molecule has 0 aliphatic carbocycles. The molecule has 148 valence electrons. The zero-order chi connectivity index (χ0) is 20.7. The Morgan fingerprint density at radius 2 is 1.29 bits per heavy atom. The summed E-state index contributed by atoms with van der Waals surface area (Å²) in [5, 5.41) is 0. The van der Waals surface area contributed by atoms with Gasteiger partial charge in [0, 0.05) is 20.9 Å². The third kappa shape index (κ3) is 2.21. The molecule has 7 rings (SSSR count). The van der Waals surface area contributed by atoms with Crippen LogP contribution in [0.1, 0.15) is 25.0 Å². The molecule has 0 aromatic heterocycles. The number of rotatable bonds is 2. The minimum atomic E-state index is -0.133. The van der Waals surface area contributed by atoms with Crippen LogP contribution in [0, 0.1) is 0 Å². The van der Waals surface area contributed by atoms with Crippen molar-refractivity contribution in [1.29, 1.82) is 0 Å². The fourth-order valence-corrected chi connectivity index (χ4v) is 6.60. The van der Waals surface area contributed by atoms with Crippen LogP contribution in [0.5, 0.6) is 5.75 Å². The molecule has 0 saturated carbocycles. The summed E-state index contributed by atoms with van der Waals surface area (Å²) in [4.78, 5) is 5.15. The Morgan fingerprint density at radius 1 is 0.677 bits per heavy atom. The van der Waals surface area contributed by atoms with Crippen molar-refractivity contribution in [2.45, 2.75) is 29.1 Å². The lowest BCUT2D eigenvalue weighted by Crippen LogP contribution is -2.56. The number of benzene rings is 4. The van der Waals surface area contributed by atoms with Crippen molar-refractivity contribution in [3.05, 3.63) is 96.1 Å². The molecule has 3 aliphatic rings. The first kappa shape index (κ1) is 17.6. The number of anilines is 3. The van der Waals surface area contributed by atoms with Gasteiger partial charge in [0.2, 0.25) is 0 Å². The van der Waals surface area contributed by atoms with Gasteiger partial charge in [0.1, 0.15) is 0 Å². The van der Waals surface area contributed by atoms with Gasteiger partial charge in [0.15, 0.2) is 0 Å². The Balaban J connectivity index is 1.57. The highest BCUT2D eigenvalue weighted by Crippen LogP contribution is 2.59. The van der Waals surface area contributed by atoms with E-state index in [-0.39, 0.29) is 12.3 Å². The molecule has 0 N–H and O–H groups in total. The van der Waals surface area contributed by atoms with Crippen molar-refractivity contribution >= 4 is 46.7 Å². The number of hydrogen-bond acceptors (Lipinski definition) is 3. The third-order valence-electron chi connectivity index (χ3n) is 6.90. The molecule has 31 heavy (non-hydrogen) atoms. The number of para-hydroxylation sites is 4. The Morgan fingerprint density at radius 3 is 2.06 bits per heavy atom. The van der Waals surface area contributed by atoms with Crippen LogP contribution in [0.15, 0.2) is 94.7 Å². The van der Waals surface area contributed by atoms with Crippen LogP contribution in [0.4, 0.5) is 17.1 Å². The zero-order valence-electron chi connectivity index (χ0n) is 17.4. The van der Waals surface area contributed by atoms with Crippen molar-refractivity contribution < 1.29 is 4.65 Å². The summed E-state index contributed by atoms with van der Waals surface area (Å²) < 4.78 is 6.68. The molecule has 0 amide bonds. The molecule has 0 spiro atoms. The van der Waals surface area contributed by atoms with E-state index >= 15 is 0 Å². The van der Waals surface area contributed by atoms with Crippen molar-refractivity contribution in [2.75, 3.05) is 4.90 Å². The van der Waals surface area contributed by atoms with E-state index in [9.17, 15) is 0 Å². The molecule has 3 aliphatic heterocycles.